The topological polar surface area (TPSA) is 73.3 Å². The van der Waals surface area contributed by atoms with E-state index >= 15 is 0 Å². The third kappa shape index (κ3) is 4.24. The van der Waals surface area contributed by atoms with Crippen LogP contribution in [0.1, 0.15) is 10.4 Å². The maximum absolute atomic E-state index is 12.4. The van der Waals surface area contributed by atoms with E-state index in [4.69, 9.17) is 21.1 Å². The highest BCUT2D eigenvalue weighted by Gasteiger charge is 2.13. The van der Waals surface area contributed by atoms with Crippen LogP contribution in [0.4, 0.5) is 5.69 Å². The Labute approximate surface area is 149 Å². The first kappa shape index (κ1) is 16.7. The fourth-order valence-corrected chi connectivity index (χ4v) is 2.29. The zero-order chi connectivity index (χ0) is 17.6. The van der Waals surface area contributed by atoms with Crippen molar-refractivity contribution >= 4 is 23.2 Å². The van der Waals surface area contributed by atoms with Gasteiger partial charge < -0.3 is 14.8 Å². The Balaban J connectivity index is 1.71. The molecule has 1 aromatic heterocycles. The third-order valence-corrected chi connectivity index (χ3v) is 3.52. The monoisotopic (exact) mass is 355 g/mol. The van der Waals surface area contributed by atoms with E-state index in [-0.39, 0.29) is 5.91 Å². The first-order valence-electron chi connectivity index (χ1n) is 7.34. The largest absolute Gasteiger partial charge is 0.496 e. The molecule has 1 N–H and O–H groups in total. The first-order valence-corrected chi connectivity index (χ1v) is 7.72. The average molecular weight is 356 g/mol. The maximum atomic E-state index is 12.4. The molecule has 0 saturated carbocycles. The number of nitrogens with zero attached hydrogens (tertiary/aromatic N) is 2. The standard InChI is InChI=1S/C18H14ClN3O3/c1-24-16-7-2-12(19)10-15(16)18(23)22-13-3-5-14(6-4-13)25-17-11-20-8-9-21-17/h2-11H,1H3,(H,22,23). The minimum atomic E-state index is -0.318. The number of halogens is 1. The predicted octanol–water partition coefficient (Wildman–Crippen LogP) is 4.18. The van der Waals surface area contributed by atoms with E-state index in [1.165, 1.54) is 13.3 Å². The number of benzene rings is 2. The zero-order valence-corrected chi connectivity index (χ0v) is 14.0. The molecule has 3 aromatic rings. The minimum Gasteiger partial charge on any atom is -0.496 e. The second-order valence-electron chi connectivity index (χ2n) is 4.97. The van der Waals surface area contributed by atoms with Crippen LogP contribution >= 0.6 is 11.6 Å². The van der Waals surface area contributed by atoms with Crippen molar-refractivity contribution in [1.82, 2.24) is 9.97 Å². The van der Waals surface area contributed by atoms with Crippen molar-refractivity contribution in [3.8, 4) is 17.4 Å². The number of anilines is 1. The van der Waals surface area contributed by atoms with Gasteiger partial charge in [-0.3, -0.25) is 9.78 Å². The van der Waals surface area contributed by atoms with Gasteiger partial charge >= 0.3 is 0 Å². The van der Waals surface area contributed by atoms with E-state index in [2.05, 4.69) is 15.3 Å². The number of ether oxygens (including phenoxy) is 2. The fraction of sp³-hybridized carbons (Fsp3) is 0.0556. The lowest BCUT2D eigenvalue weighted by atomic mass is 10.2. The molecule has 0 radical (unpaired) electrons. The number of amides is 1. The van der Waals surface area contributed by atoms with Gasteiger partial charge in [-0.25, -0.2) is 4.98 Å². The Bertz CT molecular complexity index is 870. The Kier molecular flexibility index (Phi) is 5.11. The van der Waals surface area contributed by atoms with E-state index in [0.29, 0.717) is 33.7 Å². The van der Waals surface area contributed by atoms with Gasteiger partial charge in [0.2, 0.25) is 5.88 Å². The van der Waals surface area contributed by atoms with E-state index in [1.807, 2.05) is 0 Å². The van der Waals surface area contributed by atoms with Crippen molar-refractivity contribution in [3.05, 3.63) is 71.6 Å². The number of nitrogens with one attached hydrogen (secondary N) is 1. The number of hydrogen-bond acceptors (Lipinski definition) is 5. The van der Waals surface area contributed by atoms with Crippen LogP contribution in [-0.2, 0) is 0 Å². The molecule has 25 heavy (non-hydrogen) atoms. The minimum absolute atomic E-state index is 0.318. The van der Waals surface area contributed by atoms with Crippen molar-refractivity contribution in [2.45, 2.75) is 0 Å². The molecule has 6 nitrogen and oxygen atoms in total. The van der Waals surface area contributed by atoms with Gasteiger partial charge in [-0.15, -0.1) is 0 Å². The van der Waals surface area contributed by atoms with E-state index in [0.717, 1.165) is 0 Å². The van der Waals surface area contributed by atoms with Gasteiger partial charge in [-0.1, -0.05) is 11.6 Å². The Morgan fingerprint density at radius 3 is 2.60 bits per heavy atom. The molecule has 1 heterocycles. The molecule has 0 aliphatic rings. The first-order chi connectivity index (χ1) is 12.2. The quantitative estimate of drug-likeness (QED) is 0.743. The second kappa shape index (κ2) is 7.63. The van der Waals surface area contributed by atoms with Crippen LogP contribution in [0.25, 0.3) is 0 Å². The van der Waals surface area contributed by atoms with Crippen LogP contribution < -0.4 is 14.8 Å². The summed E-state index contributed by atoms with van der Waals surface area (Å²) in [6, 6.07) is 11.8. The summed E-state index contributed by atoms with van der Waals surface area (Å²) >= 11 is 5.96. The predicted molar refractivity (Wildman–Crippen MR) is 94.5 cm³/mol. The Morgan fingerprint density at radius 2 is 1.92 bits per heavy atom. The molecule has 0 atom stereocenters. The molecule has 1 amide bonds. The normalized spacial score (nSPS) is 10.2. The average Bonchev–Trinajstić information content (AvgIpc) is 2.64. The van der Waals surface area contributed by atoms with Crippen LogP contribution in [-0.4, -0.2) is 23.0 Å². The van der Waals surface area contributed by atoms with E-state index in [9.17, 15) is 4.79 Å². The molecular weight excluding hydrogens is 342 g/mol. The molecular formula is C18H14ClN3O3. The molecule has 2 aromatic carbocycles. The lowest BCUT2D eigenvalue weighted by molar-refractivity contribution is 0.102. The van der Waals surface area contributed by atoms with Gasteiger partial charge in [-0.2, -0.15) is 0 Å². The molecule has 7 heteroatoms. The van der Waals surface area contributed by atoms with E-state index in [1.54, 1.807) is 54.9 Å². The Morgan fingerprint density at radius 1 is 1.12 bits per heavy atom. The van der Waals surface area contributed by atoms with Crippen LogP contribution in [0.15, 0.2) is 61.1 Å². The number of carbonyl (C=O) groups is 1. The van der Waals surface area contributed by atoms with Crippen molar-refractivity contribution in [2.75, 3.05) is 12.4 Å². The van der Waals surface area contributed by atoms with Crippen LogP contribution in [0.3, 0.4) is 0 Å². The molecule has 3 rings (SSSR count). The molecule has 0 fully saturated rings. The lowest BCUT2D eigenvalue weighted by Crippen LogP contribution is -2.13. The highest BCUT2D eigenvalue weighted by Crippen LogP contribution is 2.25. The number of methoxy groups -OCH3 is 1. The third-order valence-electron chi connectivity index (χ3n) is 3.28. The van der Waals surface area contributed by atoms with Crippen molar-refractivity contribution in [1.29, 1.82) is 0 Å². The van der Waals surface area contributed by atoms with Crippen LogP contribution in [0.2, 0.25) is 5.02 Å². The summed E-state index contributed by atoms with van der Waals surface area (Å²) in [5, 5.41) is 3.25. The summed E-state index contributed by atoms with van der Waals surface area (Å²) in [6.45, 7) is 0. The molecule has 0 saturated heterocycles. The van der Waals surface area contributed by atoms with Crippen LogP contribution in [0.5, 0.6) is 17.4 Å². The van der Waals surface area contributed by atoms with Gasteiger partial charge in [0.25, 0.3) is 5.91 Å². The van der Waals surface area contributed by atoms with Gasteiger partial charge in [-0.05, 0) is 42.5 Å². The van der Waals surface area contributed by atoms with Gasteiger partial charge in [0, 0.05) is 23.1 Å². The number of rotatable bonds is 5. The second-order valence-corrected chi connectivity index (χ2v) is 5.41. The number of aromatic nitrogens is 2. The maximum Gasteiger partial charge on any atom is 0.259 e. The number of hydrogen-bond donors (Lipinski definition) is 1. The van der Waals surface area contributed by atoms with Gasteiger partial charge in [0.15, 0.2) is 0 Å². The van der Waals surface area contributed by atoms with Crippen molar-refractivity contribution in [3.63, 3.8) is 0 Å². The van der Waals surface area contributed by atoms with E-state index < -0.39 is 0 Å². The summed E-state index contributed by atoms with van der Waals surface area (Å²) < 4.78 is 10.7. The van der Waals surface area contributed by atoms with Crippen molar-refractivity contribution in [2.24, 2.45) is 0 Å². The highest BCUT2D eigenvalue weighted by molar-refractivity contribution is 6.31. The summed E-state index contributed by atoms with van der Waals surface area (Å²) in [5.74, 6) is 1.10. The summed E-state index contributed by atoms with van der Waals surface area (Å²) in [5.41, 5.74) is 0.966. The highest BCUT2D eigenvalue weighted by atomic mass is 35.5. The zero-order valence-electron chi connectivity index (χ0n) is 13.3. The fourth-order valence-electron chi connectivity index (χ4n) is 2.12. The molecule has 126 valence electrons. The summed E-state index contributed by atoms with van der Waals surface area (Å²) in [4.78, 5) is 20.4. The summed E-state index contributed by atoms with van der Waals surface area (Å²) in [6.07, 6.45) is 4.62. The van der Waals surface area contributed by atoms with Gasteiger partial charge in [0.1, 0.15) is 11.5 Å². The van der Waals surface area contributed by atoms with Gasteiger partial charge in [0.05, 0.1) is 18.9 Å². The smallest absolute Gasteiger partial charge is 0.259 e. The molecule has 0 spiro atoms. The number of carbonyl (C=O) groups excluding carboxylic acids is 1. The SMILES string of the molecule is COc1ccc(Cl)cc1C(=O)Nc1ccc(Oc2cnccn2)cc1. The molecule has 0 unspecified atom stereocenters. The summed E-state index contributed by atoms with van der Waals surface area (Å²) in [7, 11) is 1.50. The molecule has 0 aliphatic carbocycles. The Hall–Kier alpha value is -3.12. The van der Waals surface area contributed by atoms with Crippen molar-refractivity contribution < 1.29 is 14.3 Å². The lowest BCUT2D eigenvalue weighted by Gasteiger charge is -2.10. The molecule has 0 aliphatic heterocycles. The molecule has 0 bridgehead atoms. The van der Waals surface area contributed by atoms with Crippen LogP contribution in [0, 0.1) is 0 Å².